The fraction of sp³-hybridized carbons (Fsp3) is 0. The van der Waals surface area contributed by atoms with Gasteiger partial charge in [-0.2, -0.15) is 5.26 Å². The van der Waals surface area contributed by atoms with Gasteiger partial charge in [0.1, 0.15) is 5.82 Å². The Morgan fingerprint density at radius 1 is 1.08 bits per heavy atom. The van der Waals surface area contributed by atoms with E-state index in [0.29, 0.717) is 11.3 Å². The molecule has 0 spiro atoms. The van der Waals surface area contributed by atoms with E-state index in [4.69, 9.17) is 5.26 Å². The van der Waals surface area contributed by atoms with Crippen LogP contribution in [0.3, 0.4) is 0 Å². The summed E-state index contributed by atoms with van der Waals surface area (Å²) in [6.07, 6.45) is 2.67. The molecular weight excluding hydrogens is 321 g/mol. The number of carbonyl (C=O) groups is 1. The molecular formula is C18H12FN5O. The molecule has 1 amide bonds. The highest BCUT2D eigenvalue weighted by Gasteiger charge is 2.09. The number of hydrogen-bond donors (Lipinski definition) is 2. The van der Waals surface area contributed by atoms with E-state index in [1.165, 1.54) is 18.5 Å². The lowest BCUT2D eigenvalue weighted by atomic mass is 10.2. The molecule has 3 aromatic rings. The third-order valence-corrected chi connectivity index (χ3v) is 3.28. The Morgan fingerprint density at radius 3 is 2.56 bits per heavy atom. The van der Waals surface area contributed by atoms with Gasteiger partial charge in [0.2, 0.25) is 5.95 Å². The summed E-state index contributed by atoms with van der Waals surface area (Å²) in [5.41, 5.74) is 1.42. The van der Waals surface area contributed by atoms with E-state index in [9.17, 15) is 9.18 Å². The molecule has 0 saturated carbocycles. The van der Waals surface area contributed by atoms with Crippen molar-refractivity contribution in [2.45, 2.75) is 0 Å². The Hall–Kier alpha value is -3.79. The minimum Gasteiger partial charge on any atom is -0.322 e. The molecule has 122 valence electrons. The summed E-state index contributed by atoms with van der Waals surface area (Å²) >= 11 is 0. The van der Waals surface area contributed by atoms with E-state index in [1.807, 2.05) is 6.07 Å². The molecule has 2 N–H and O–H groups in total. The second kappa shape index (κ2) is 7.19. The quantitative estimate of drug-likeness (QED) is 0.763. The van der Waals surface area contributed by atoms with Gasteiger partial charge in [0.25, 0.3) is 5.91 Å². The number of nitrogens with zero attached hydrogens (tertiary/aromatic N) is 3. The minimum absolute atomic E-state index is 0.174. The fourth-order valence-electron chi connectivity index (χ4n) is 2.06. The molecule has 7 heteroatoms. The van der Waals surface area contributed by atoms with Gasteiger partial charge in [-0.1, -0.05) is 18.2 Å². The predicted octanol–water partition coefficient (Wildman–Crippen LogP) is 3.48. The molecule has 0 saturated heterocycles. The molecule has 1 heterocycles. The van der Waals surface area contributed by atoms with Crippen molar-refractivity contribution in [2.24, 2.45) is 0 Å². The zero-order valence-corrected chi connectivity index (χ0v) is 12.9. The third kappa shape index (κ3) is 3.95. The van der Waals surface area contributed by atoms with Gasteiger partial charge in [0.15, 0.2) is 0 Å². The maximum absolute atomic E-state index is 13.6. The van der Waals surface area contributed by atoms with Crippen LogP contribution >= 0.6 is 0 Å². The van der Waals surface area contributed by atoms with Crippen LogP contribution in [-0.4, -0.2) is 15.9 Å². The van der Waals surface area contributed by atoms with E-state index in [1.54, 1.807) is 42.5 Å². The summed E-state index contributed by atoms with van der Waals surface area (Å²) in [4.78, 5) is 20.2. The van der Waals surface area contributed by atoms with Crippen molar-refractivity contribution in [3.8, 4) is 6.07 Å². The lowest BCUT2D eigenvalue weighted by Crippen LogP contribution is -2.13. The number of aromatic nitrogens is 2. The molecule has 0 fully saturated rings. The minimum atomic E-state index is -0.426. The van der Waals surface area contributed by atoms with Crippen LogP contribution in [0.4, 0.5) is 21.7 Å². The number of halogens is 1. The highest BCUT2D eigenvalue weighted by atomic mass is 19.1. The third-order valence-electron chi connectivity index (χ3n) is 3.28. The second-order valence-corrected chi connectivity index (χ2v) is 5.05. The van der Waals surface area contributed by atoms with Crippen molar-refractivity contribution >= 4 is 23.2 Å². The Bertz CT molecular complexity index is 950. The van der Waals surface area contributed by atoms with Crippen molar-refractivity contribution < 1.29 is 9.18 Å². The van der Waals surface area contributed by atoms with Gasteiger partial charge >= 0.3 is 0 Å². The first-order valence-electron chi connectivity index (χ1n) is 7.31. The molecule has 0 atom stereocenters. The maximum atomic E-state index is 13.6. The zero-order chi connectivity index (χ0) is 17.6. The average molecular weight is 333 g/mol. The van der Waals surface area contributed by atoms with E-state index in [2.05, 4.69) is 20.6 Å². The first-order chi connectivity index (χ1) is 12.2. The number of amides is 1. The Kier molecular flexibility index (Phi) is 4.62. The largest absolute Gasteiger partial charge is 0.322 e. The number of benzene rings is 2. The highest BCUT2D eigenvalue weighted by molar-refractivity contribution is 6.04. The number of anilines is 3. The molecule has 1 aromatic heterocycles. The summed E-state index contributed by atoms with van der Waals surface area (Å²) < 4.78 is 13.6. The number of nitrogens with one attached hydrogen (secondary N) is 2. The van der Waals surface area contributed by atoms with E-state index in [-0.39, 0.29) is 17.2 Å². The van der Waals surface area contributed by atoms with Gasteiger partial charge in [-0.3, -0.25) is 4.79 Å². The molecule has 0 aliphatic carbocycles. The monoisotopic (exact) mass is 333 g/mol. The van der Waals surface area contributed by atoms with Crippen LogP contribution in [0.15, 0.2) is 60.9 Å². The smallest absolute Gasteiger partial charge is 0.258 e. The van der Waals surface area contributed by atoms with Crippen LogP contribution in [-0.2, 0) is 0 Å². The molecule has 25 heavy (non-hydrogen) atoms. The lowest BCUT2D eigenvalue weighted by Gasteiger charge is -2.07. The number of rotatable bonds is 4. The van der Waals surface area contributed by atoms with E-state index >= 15 is 0 Å². The maximum Gasteiger partial charge on any atom is 0.258 e. The van der Waals surface area contributed by atoms with Crippen molar-refractivity contribution in [1.82, 2.24) is 9.97 Å². The molecule has 0 unspecified atom stereocenters. The summed E-state index contributed by atoms with van der Waals surface area (Å²) in [5, 5.41) is 14.3. The zero-order valence-electron chi connectivity index (χ0n) is 12.9. The van der Waals surface area contributed by atoms with Crippen molar-refractivity contribution in [2.75, 3.05) is 10.6 Å². The van der Waals surface area contributed by atoms with Gasteiger partial charge < -0.3 is 10.6 Å². The topological polar surface area (TPSA) is 90.7 Å². The van der Waals surface area contributed by atoms with Crippen LogP contribution in [0, 0.1) is 17.1 Å². The first-order valence-corrected chi connectivity index (χ1v) is 7.31. The standard InChI is InChI=1S/C18H12FN5O/c19-15-6-1-2-7-16(15)24-18-21-10-13(11-22-18)17(25)23-14-5-3-4-12(8-14)9-20/h1-8,10-11H,(H,23,25)(H,21,22,24). The molecule has 2 aromatic carbocycles. The number of para-hydroxylation sites is 1. The van der Waals surface area contributed by atoms with Crippen molar-refractivity contribution in [3.05, 3.63) is 77.9 Å². The summed E-state index contributed by atoms with van der Waals surface area (Å²) in [6, 6.07) is 14.7. The van der Waals surface area contributed by atoms with Crippen LogP contribution < -0.4 is 10.6 Å². The predicted molar refractivity (Wildman–Crippen MR) is 90.8 cm³/mol. The Labute approximate surface area is 143 Å². The highest BCUT2D eigenvalue weighted by Crippen LogP contribution is 2.17. The number of carbonyl (C=O) groups excluding carboxylic acids is 1. The van der Waals surface area contributed by atoms with Gasteiger partial charge in [0.05, 0.1) is 22.9 Å². The van der Waals surface area contributed by atoms with Crippen LogP contribution in [0.1, 0.15) is 15.9 Å². The fourth-order valence-corrected chi connectivity index (χ4v) is 2.06. The Balaban J connectivity index is 1.70. The summed E-state index contributed by atoms with van der Waals surface area (Å²) in [6.45, 7) is 0. The number of hydrogen-bond acceptors (Lipinski definition) is 5. The average Bonchev–Trinajstić information content (AvgIpc) is 2.64. The Morgan fingerprint density at radius 2 is 1.84 bits per heavy atom. The molecule has 6 nitrogen and oxygen atoms in total. The van der Waals surface area contributed by atoms with Gasteiger partial charge in [0, 0.05) is 18.1 Å². The lowest BCUT2D eigenvalue weighted by molar-refractivity contribution is 0.102. The summed E-state index contributed by atoms with van der Waals surface area (Å²) in [7, 11) is 0. The molecule has 0 aliphatic rings. The number of nitriles is 1. The molecule has 0 bridgehead atoms. The van der Waals surface area contributed by atoms with E-state index in [0.717, 1.165) is 0 Å². The first kappa shape index (κ1) is 16.1. The van der Waals surface area contributed by atoms with Gasteiger partial charge in [-0.25, -0.2) is 14.4 Å². The van der Waals surface area contributed by atoms with Crippen molar-refractivity contribution in [1.29, 1.82) is 5.26 Å². The van der Waals surface area contributed by atoms with Crippen LogP contribution in [0.5, 0.6) is 0 Å². The SMILES string of the molecule is N#Cc1cccc(NC(=O)c2cnc(Nc3ccccc3F)nc2)c1. The molecule has 3 rings (SSSR count). The molecule has 0 aliphatic heterocycles. The second-order valence-electron chi connectivity index (χ2n) is 5.05. The van der Waals surface area contributed by atoms with Crippen molar-refractivity contribution in [3.63, 3.8) is 0 Å². The van der Waals surface area contributed by atoms with Gasteiger partial charge in [-0.05, 0) is 30.3 Å². The van der Waals surface area contributed by atoms with Crippen LogP contribution in [0.2, 0.25) is 0 Å². The van der Waals surface area contributed by atoms with E-state index < -0.39 is 11.7 Å². The van der Waals surface area contributed by atoms with Crippen LogP contribution in [0.25, 0.3) is 0 Å². The molecule has 0 radical (unpaired) electrons. The summed E-state index contributed by atoms with van der Waals surface area (Å²) in [5.74, 6) is -0.661. The van der Waals surface area contributed by atoms with Gasteiger partial charge in [-0.15, -0.1) is 0 Å². The normalized spacial score (nSPS) is 9.92.